The zero-order valence-electron chi connectivity index (χ0n) is 11.3. The van der Waals surface area contributed by atoms with Gasteiger partial charge in [0.1, 0.15) is 5.82 Å². The minimum atomic E-state index is -0.288. The maximum Gasteiger partial charge on any atom is 0.124 e. The van der Waals surface area contributed by atoms with Crippen molar-refractivity contribution >= 4 is 31.9 Å². The largest absolute Gasteiger partial charge is 0.324 e. The normalized spacial score (nSPS) is 12.7. The first-order chi connectivity index (χ1) is 9.42. The fraction of sp³-hybridized carbons (Fsp3) is 0.357. The molecule has 2 aromatic rings. The quantitative estimate of drug-likeness (QED) is 0.832. The van der Waals surface area contributed by atoms with Crippen LogP contribution in [0, 0.1) is 12.7 Å². The molecule has 3 nitrogen and oxygen atoms in total. The number of aromatic nitrogens is 2. The van der Waals surface area contributed by atoms with Gasteiger partial charge in [0.25, 0.3) is 0 Å². The number of nitrogens with zero attached hydrogens (tertiary/aromatic N) is 2. The van der Waals surface area contributed by atoms with Crippen LogP contribution in [0.15, 0.2) is 27.1 Å². The molecular weight excluding hydrogens is 389 g/mol. The average molecular weight is 405 g/mol. The maximum atomic E-state index is 13.4. The van der Waals surface area contributed by atoms with Crippen molar-refractivity contribution in [2.75, 3.05) is 0 Å². The Hall–Kier alpha value is -0.720. The lowest BCUT2D eigenvalue weighted by atomic mass is 10.0. The Morgan fingerprint density at radius 2 is 2.05 bits per heavy atom. The summed E-state index contributed by atoms with van der Waals surface area (Å²) in [7, 11) is 0. The van der Waals surface area contributed by atoms with Crippen LogP contribution in [0.4, 0.5) is 4.39 Å². The second-order valence-electron chi connectivity index (χ2n) is 4.68. The lowest BCUT2D eigenvalue weighted by Gasteiger charge is -2.14. The van der Waals surface area contributed by atoms with Gasteiger partial charge in [0.15, 0.2) is 0 Å². The van der Waals surface area contributed by atoms with Crippen LogP contribution < -0.4 is 5.73 Å². The average Bonchev–Trinajstić information content (AvgIpc) is 2.65. The maximum absolute atomic E-state index is 13.4. The van der Waals surface area contributed by atoms with Gasteiger partial charge in [-0.3, -0.25) is 4.68 Å². The van der Waals surface area contributed by atoms with Crippen LogP contribution in [0.25, 0.3) is 0 Å². The molecule has 0 aliphatic rings. The summed E-state index contributed by atoms with van der Waals surface area (Å²) in [6.45, 7) is 4.76. The van der Waals surface area contributed by atoms with Gasteiger partial charge < -0.3 is 5.73 Å². The Morgan fingerprint density at radius 1 is 1.35 bits per heavy atom. The van der Waals surface area contributed by atoms with Crippen LogP contribution in [0.5, 0.6) is 0 Å². The number of rotatable bonds is 4. The second kappa shape index (κ2) is 6.37. The Morgan fingerprint density at radius 3 is 2.65 bits per heavy atom. The first-order valence-corrected chi connectivity index (χ1v) is 7.94. The van der Waals surface area contributed by atoms with Crippen LogP contribution in [0.1, 0.15) is 29.9 Å². The summed E-state index contributed by atoms with van der Waals surface area (Å²) in [6.07, 6.45) is 0.602. The molecule has 0 amide bonds. The fourth-order valence-corrected chi connectivity index (χ4v) is 3.11. The molecule has 1 unspecified atom stereocenters. The van der Waals surface area contributed by atoms with Crippen molar-refractivity contribution in [1.82, 2.24) is 9.78 Å². The SMILES string of the molecule is CCn1nc(C)c(Br)c1CC(N)c1cc(F)cc(Br)c1. The van der Waals surface area contributed by atoms with Crippen LogP contribution in [-0.4, -0.2) is 9.78 Å². The highest BCUT2D eigenvalue weighted by Gasteiger charge is 2.17. The Kier molecular flexibility index (Phi) is 4.99. The number of benzene rings is 1. The van der Waals surface area contributed by atoms with Crippen molar-refractivity contribution < 1.29 is 4.39 Å². The zero-order chi connectivity index (χ0) is 14.9. The zero-order valence-corrected chi connectivity index (χ0v) is 14.5. The molecule has 1 heterocycles. The second-order valence-corrected chi connectivity index (χ2v) is 6.38. The van der Waals surface area contributed by atoms with Crippen molar-refractivity contribution in [3.05, 3.63) is 49.9 Å². The van der Waals surface area contributed by atoms with Crippen molar-refractivity contribution in [2.45, 2.75) is 32.9 Å². The molecule has 0 aliphatic heterocycles. The standard InChI is InChI=1S/C14H16Br2FN3/c1-3-20-13(14(16)8(2)19-20)7-12(18)9-4-10(15)6-11(17)5-9/h4-6,12H,3,7,18H2,1-2H3. The van der Waals surface area contributed by atoms with Crippen LogP contribution in [0.2, 0.25) is 0 Å². The Labute approximate surface area is 134 Å². The number of aryl methyl sites for hydroxylation is 2. The molecule has 0 saturated carbocycles. The van der Waals surface area contributed by atoms with E-state index in [0.717, 1.165) is 28.0 Å². The summed E-state index contributed by atoms with van der Waals surface area (Å²) in [5, 5.41) is 4.44. The van der Waals surface area contributed by atoms with E-state index in [-0.39, 0.29) is 11.9 Å². The van der Waals surface area contributed by atoms with Gasteiger partial charge in [-0.25, -0.2) is 4.39 Å². The smallest absolute Gasteiger partial charge is 0.124 e. The van der Waals surface area contributed by atoms with E-state index >= 15 is 0 Å². The molecule has 0 spiro atoms. The highest BCUT2D eigenvalue weighted by molar-refractivity contribution is 9.10. The molecule has 1 atom stereocenters. The first-order valence-electron chi connectivity index (χ1n) is 6.35. The molecule has 0 aliphatic carbocycles. The number of hydrogen-bond acceptors (Lipinski definition) is 2. The van der Waals surface area contributed by atoms with E-state index in [2.05, 4.69) is 37.0 Å². The minimum Gasteiger partial charge on any atom is -0.324 e. The van der Waals surface area contributed by atoms with Gasteiger partial charge in [-0.1, -0.05) is 15.9 Å². The van der Waals surface area contributed by atoms with Crippen LogP contribution >= 0.6 is 31.9 Å². The number of halogens is 3. The van der Waals surface area contributed by atoms with Gasteiger partial charge in [-0.05, 0) is 53.5 Å². The molecule has 20 heavy (non-hydrogen) atoms. The summed E-state index contributed by atoms with van der Waals surface area (Å²) in [5.74, 6) is -0.288. The van der Waals surface area contributed by atoms with Gasteiger partial charge in [-0.15, -0.1) is 0 Å². The van der Waals surface area contributed by atoms with Crippen molar-refractivity contribution in [3.63, 3.8) is 0 Å². The molecule has 0 radical (unpaired) electrons. The number of hydrogen-bond donors (Lipinski definition) is 1. The van der Waals surface area contributed by atoms with Crippen LogP contribution in [0.3, 0.4) is 0 Å². The molecule has 0 bridgehead atoms. The molecule has 6 heteroatoms. The lowest BCUT2D eigenvalue weighted by molar-refractivity contribution is 0.581. The Balaban J connectivity index is 2.29. The summed E-state index contributed by atoms with van der Waals surface area (Å²) in [6, 6.07) is 4.47. The van der Waals surface area contributed by atoms with E-state index in [4.69, 9.17) is 5.73 Å². The highest BCUT2D eigenvalue weighted by Crippen LogP contribution is 2.27. The third-order valence-electron chi connectivity index (χ3n) is 3.18. The van der Waals surface area contributed by atoms with E-state index in [1.807, 2.05) is 24.6 Å². The van der Waals surface area contributed by atoms with E-state index in [1.165, 1.54) is 12.1 Å². The van der Waals surface area contributed by atoms with Gasteiger partial charge in [0, 0.05) is 23.5 Å². The number of nitrogens with two attached hydrogens (primary N) is 1. The predicted molar refractivity (Wildman–Crippen MR) is 85.1 cm³/mol. The topological polar surface area (TPSA) is 43.8 Å². The van der Waals surface area contributed by atoms with Gasteiger partial charge in [-0.2, -0.15) is 5.10 Å². The molecular formula is C14H16Br2FN3. The van der Waals surface area contributed by atoms with Crippen LogP contribution in [-0.2, 0) is 13.0 Å². The molecule has 2 N–H and O–H groups in total. The summed E-state index contributed by atoms with van der Waals surface area (Å²) < 4.78 is 17.0. The van der Waals surface area contributed by atoms with E-state index in [1.54, 1.807) is 0 Å². The molecule has 0 fully saturated rings. The Bertz CT molecular complexity index is 605. The van der Waals surface area contributed by atoms with Crippen molar-refractivity contribution in [2.24, 2.45) is 5.73 Å². The summed E-state index contributed by atoms with van der Waals surface area (Å²) in [4.78, 5) is 0. The lowest BCUT2D eigenvalue weighted by Crippen LogP contribution is -2.16. The third-order valence-corrected chi connectivity index (χ3v) is 4.67. The molecule has 1 aromatic heterocycles. The minimum absolute atomic E-state index is 0.278. The van der Waals surface area contributed by atoms with Crippen molar-refractivity contribution in [3.8, 4) is 0 Å². The molecule has 1 aromatic carbocycles. The molecule has 0 saturated heterocycles. The predicted octanol–water partition coefficient (Wildman–Crippen LogP) is 4.12. The van der Waals surface area contributed by atoms with Gasteiger partial charge in [0.05, 0.1) is 15.9 Å². The first kappa shape index (κ1) is 15.7. The van der Waals surface area contributed by atoms with Crippen molar-refractivity contribution in [1.29, 1.82) is 0 Å². The van der Waals surface area contributed by atoms with Gasteiger partial charge in [0.2, 0.25) is 0 Å². The molecule has 2 rings (SSSR count). The van der Waals surface area contributed by atoms with E-state index in [9.17, 15) is 4.39 Å². The molecule has 108 valence electrons. The third kappa shape index (κ3) is 3.30. The van der Waals surface area contributed by atoms with E-state index < -0.39 is 0 Å². The summed E-state index contributed by atoms with van der Waals surface area (Å²) in [5.41, 5.74) is 8.96. The summed E-state index contributed by atoms with van der Waals surface area (Å²) >= 11 is 6.84. The van der Waals surface area contributed by atoms with E-state index in [0.29, 0.717) is 10.9 Å². The van der Waals surface area contributed by atoms with Gasteiger partial charge >= 0.3 is 0 Å². The monoisotopic (exact) mass is 403 g/mol. The highest BCUT2D eigenvalue weighted by atomic mass is 79.9. The fourth-order valence-electron chi connectivity index (χ4n) is 2.18.